The molecule has 1 amide bonds. The average molecular weight is 486 g/mol. The minimum Gasteiger partial charge on any atom is -0.468 e. The molecule has 9 heteroatoms. The van der Waals surface area contributed by atoms with Crippen LogP contribution < -0.4 is 10.0 Å². The summed E-state index contributed by atoms with van der Waals surface area (Å²) in [5.41, 5.74) is 1.37. The minimum atomic E-state index is -3.84. The van der Waals surface area contributed by atoms with Crippen LogP contribution in [0.3, 0.4) is 0 Å². The van der Waals surface area contributed by atoms with Gasteiger partial charge in [0.2, 0.25) is 10.0 Å². The van der Waals surface area contributed by atoms with Gasteiger partial charge in [0.1, 0.15) is 5.76 Å². The van der Waals surface area contributed by atoms with E-state index >= 15 is 0 Å². The molecule has 7 nitrogen and oxygen atoms in total. The molecule has 4 aromatic rings. The molecule has 0 aliphatic heterocycles. The summed E-state index contributed by atoms with van der Waals surface area (Å²) in [6.07, 6.45) is 3.11. The van der Waals surface area contributed by atoms with E-state index in [2.05, 4.69) is 31.0 Å². The van der Waals surface area contributed by atoms with Crippen molar-refractivity contribution in [3.8, 4) is 0 Å². The van der Waals surface area contributed by atoms with Crippen molar-refractivity contribution in [3.63, 3.8) is 0 Å². The Labute approximate surface area is 181 Å². The molecule has 0 spiro atoms. The summed E-state index contributed by atoms with van der Waals surface area (Å²) in [5.74, 6) is 0.0280. The van der Waals surface area contributed by atoms with Crippen molar-refractivity contribution in [1.29, 1.82) is 0 Å². The first kappa shape index (κ1) is 20.3. The zero-order valence-electron chi connectivity index (χ0n) is 15.5. The second-order valence-electron chi connectivity index (χ2n) is 6.38. The van der Waals surface area contributed by atoms with Crippen LogP contribution in [0.5, 0.6) is 0 Å². The van der Waals surface area contributed by atoms with Crippen LogP contribution in [-0.4, -0.2) is 19.3 Å². The second-order valence-corrected chi connectivity index (χ2v) is 9.00. The smallest absolute Gasteiger partial charge is 0.256 e. The number of hydrogen-bond acceptors (Lipinski definition) is 5. The fourth-order valence-electron chi connectivity index (χ4n) is 2.90. The molecule has 0 saturated carbocycles. The molecule has 0 aliphatic carbocycles. The van der Waals surface area contributed by atoms with E-state index in [1.165, 1.54) is 24.5 Å². The largest absolute Gasteiger partial charge is 0.468 e. The Bertz CT molecular complexity index is 1320. The highest BCUT2D eigenvalue weighted by Gasteiger charge is 2.19. The maximum Gasteiger partial charge on any atom is 0.256 e. The van der Waals surface area contributed by atoms with Gasteiger partial charge in [-0.05, 0) is 58.4 Å². The third-order valence-corrected chi connectivity index (χ3v) is 6.48. The van der Waals surface area contributed by atoms with Crippen molar-refractivity contribution in [2.24, 2.45) is 0 Å². The number of furan rings is 1. The molecule has 152 valence electrons. The highest BCUT2D eigenvalue weighted by atomic mass is 79.9. The van der Waals surface area contributed by atoms with Crippen molar-refractivity contribution in [1.82, 2.24) is 9.71 Å². The second kappa shape index (κ2) is 8.39. The molecule has 0 aliphatic rings. The number of amides is 1. The van der Waals surface area contributed by atoms with E-state index in [-0.39, 0.29) is 17.0 Å². The number of carbonyl (C=O) groups excluding carboxylic acids is 1. The Hall–Kier alpha value is -3.01. The van der Waals surface area contributed by atoms with Gasteiger partial charge in [0.05, 0.1) is 34.5 Å². The number of hydrogen-bond donors (Lipinski definition) is 2. The highest BCUT2D eigenvalue weighted by molar-refractivity contribution is 9.10. The number of aromatic nitrogens is 1. The van der Waals surface area contributed by atoms with Gasteiger partial charge in [0.15, 0.2) is 0 Å². The Kier molecular flexibility index (Phi) is 5.67. The van der Waals surface area contributed by atoms with E-state index in [1.807, 2.05) is 24.3 Å². The summed E-state index contributed by atoms with van der Waals surface area (Å²) in [5, 5.41) is 3.70. The summed E-state index contributed by atoms with van der Waals surface area (Å²) in [4.78, 5) is 17.2. The number of benzene rings is 2. The van der Waals surface area contributed by atoms with Crippen LogP contribution >= 0.6 is 15.9 Å². The lowest BCUT2D eigenvalue weighted by atomic mass is 10.1. The van der Waals surface area contributed by atoms with Crippen molar-refractivity contribution >= 4 is 48.5 Å². The van der Waals surface area contributed by atoms with Crippen LogP contribution in [0.25, 0.3) is 10.9 Å². The molecule has 2 aromatic heterocycles. The van der Waals surface area contributed by atoms with Crippen LogP contribution in [0, 0.1) is 0 Å². The molecule has 4 rings (SSSR count). The quantitative estimate of drug-likeness (QED) is 0.423. The van der Waals surface area contributed by atoms with Gasteiger partial charge in [-0.15, -0.1) is 0 Å². The van der Waals surface area contributed by atoms with Crippen molar-refractivity contribution in [3.05, 3.63) is 88.9 Å². The number of halogens is 1. The number of sulfonamides is 1. The maximum absolute atomic E-state index is 12.9. The molecule has 0 atom stereocenters. The molecule has 0 bridgehead atoms. The van der Waals surface area contributed by atoms with Crippen molar-refractivity contribution < 1.29 is 17.6 Å². The monoisotopic (exact) mass is 485 g/mol. The first-order valence-electron chi connectivity index (χ1n) is 8.91. The average Bonchev–Trinajstić information content (AvgIpc) is 3.26. The van der Waals surface area contributed by atoms with E-state index < -0.39 is 15.9 Å². The molecular formula is C21H16BrN3O4S. The van der Waals surface area contributed by atoms with Gasteiger partial charge >= 0.3 is 0 Å². The first-order chi connectivity index (χ1) is 14.4. The van der Waals surface area contributed by atoms with Crippen LogP contribution in [-0.2, 0) is 16.6 Å². The van der Waals surface area contributed by atoms with Crippen LogP contribution in [0.2, 0.25) is 0 Å². The number of anilines is 1. The number of nitrogens with one attached hydrogen (secondary N) is 2. The lowest BCUT2D eigenvalue weighted by molar-refractivity contribution is 0.102. The summed E-state index contributed by atoms with van der Waals surface area (Å²) >= 11 is 3.32. The lowest BCUT2D eigenvalue weighted by Crippen LogP contribution is -2.23. The molecule has 0 fully saturated rings. The summed E-state index contributed by atoms with van der Waals surface area (Å²) in [7, 11) is -3.84. The standard InChI is InChI=1S/C21H16BrN3O4S/c22-18-9-8-16(30(27,28)24-13-15-6-3-11-29-15)12-17(18)21(26)25-19-7-1-4-14-5-2-10-23-20(14)19/h1-12,24H,13H2,(H,25,26). The molecule has 2 aromatic carbocycles. The van der Waals surface area contributed by atoms with Crippen LogP contribution in [0.15, 0.2) is 86.9 Å². The van der Waals surface area contributed by atoms with E-state index in [9.17, 15) is 13.2 Å². The van der Waals surface area contributed by atoms with Gasteiger partial charge in [-0.1, -0.05) is 18.2 Å². The van der Waals surface area contributed by atoms with Gasteiger partial charge in [-0.3, -0.25) is 9.78 Å². The summed E-state index contributed by atoms with van der Waals surface area (Å²) < 4.78 is 33.3. The topological polar surface area (TPSA) is 101 Å². The number of carbonyl (C=O) groups is 1. The van der Waals surface area contributed by atoms with E-state index in [4.69, 9.17) is 4.42 Å². The molecule has 0 radical (unpaired) electrons. The van der Waals surface area contributed by atoms with Gasteiger partial charge < -0.3 is 9.73 Å². The number of nitrogens with zero attached hydrogens (tertiary/aromatic N) is 1. The fourth-order valence-corrected chi connectivity index (χ4v) is 4.35. The van der Waals surface area contributed by atoms with Gasteiger partial charge in [0, 0.05) is 16.1 Å². The predicted molar refractivity (Wildman–Crippen MR) is 117 cm³/mol. The molecule has 0 saturated heterocycles. The van der Waals surface area contributed by atoms with E-state index in [0.717, 1.165) is 5.39 Å². The van der Waals surface area contributed by atoms with Crippen molar-refractivity contribution in [2.45, 2.75) is 11.4 Å². The minimum absolute atomic E-state index is 0.00853. The predicted octanol–water partition coefficient (Wildman–Crippen LogP) is 4.32. The van der Waals surface area contributed by atoms with Crippen LogP contribution in [0.4, 0.5) is 5.69 Å². The summed E-state index contributed by atoms with van der Waals surface area (Å²) in [6, 6.07) is 16.8. The molecule has 2 N–H and O–H groups in total. The Morgan fingerprint density at radius 1 is 1.07 bits per heavy atom. The van der Waals surface area contributed by atoms with Gasteiger partial charge in [-0.2, -0.15) is 0 Å². The highest BCUT2D eigenvalue weighted by Crippen LogP contribution is 2.25. The van der Waals surface area contributed by atoms with Gasteiger partial charge in [0.25, 0.3) is 5.91 Å². The number of fused-ring (bicyclic) bond motifs is 1. The van der Waals surface area contributed by atoms with Crippen molar-refractivity contribution in [2.75, 3.05) is 5.32 Å². The SMILES string of the molecule is O=C(Nc1cccc2cccnc12)c1cc(S(=O)(=O)NCc2ccco2)ccc1Br. The van der Waals surface area contributed by atoms with E-state index in [0.29, 0.717) is 21.4 Å². The Morgan fingerprint density at radius 2 is 1.90 bits per heavy atom. The van der Waals surface area contributed by atoms with Crippen LogP contribution in [0.1, 0.15) is 16.1 Å². The number of rotatable bonds is 6. The fraction of sp³-hybridized carbons (Fsp3) is 0.0476. The Balaban J connectivity index is 1.60. The normalized spacial score (nSPS) is 11.5. The lowest BCUT2D eigenvalue weighted by Gasteiger charge is -2.11. The molecule has 30 heavy (non-hydrogen) atoms. The molecule has 2 heterocycles. The first-order valence-corrected chi connectivity index (χ1v) is 11.2. The number of pyridine rings is 1. The third-order valence-electron chi connectivity index (χ3n) is 4.39. The zero-order valence-corrected chi connectivity index (χ0v) is 17.9. The van der Waals surface area contributed by atoms with E-state index in [1.54, 1.807) is 24.4 Å². The number of para-hydroxylation sites is 1. The molecule has 0 unspecified atom stereocenters. The zero-order chi connectivity index (χ0) is 21.1. The van der Waals surface area contributed by atoms with Gasteiger partial charge in [-0.25, -0.2) is 13.1 Å². The molecular weight excluding hydrogens is 470 g/mol. The summed E-state index contributed by atoms with van der Waals surface area (Å²) in [6.45, 7) is 0.00853. The maximum atomic E-state index is 12.9. The third kappa shape index (κ3) is 4.28. The Morgan fingerprint density at radius 3 is 2.70 bits per heavy atom.